The van der Waals surface area contributed by atoms with Gasteiger partial charge in [0, 0.05) is 19.5 Å². The molecule has 0 unspecified atom stereocenters. The van der Waals surface area contributed by atoms with Crippen LogP contribution in [0.3, 0.4) is 0 Å². The van der Waals surface area contributed by atoms with Gasteiger partial charge < -0.3 is 15.0 Å². The standard InChI is InChI=1S/C18H26N2O2.ClH/c1-22-17-4-2-3-14(11-17)5-6-18(21)20-9-7-15-12-19-13-16(15)8-10-20;/h2-4,11,15-16,19H,5-10,12-13H2,1H3;1H/t15-,16+;. The quantitative estimate of drug-likeness (QED) is 0.917. The van der Waals surface area contributed by atoms with Crippen molar-refractivity contribution in [2.75, 3.05) is 33.3 Å². The van der Waals surface area contributed by atoms with Crippen LogP contribution in [0, 0.1) is 11.8 Å². The Labute approximate surface area is 145 Å². The van der Waals surface area contributed by atoms with E-state index in [1.165, 1.54) is 5.56 Å². The van der Waals surface area contributed by atoms with Gasteiger partial charge in [-0.1, -0.05) is 12.1 Å². The Balaban J connectivity index is 0.00000192. The lowest BCUT2D eigenvalue weighted by Crippen LogP contribution is -2.32. The van der Waals surface area contributed by atoms with E-state index in [-0.39, 0.29) is 12.4 Å². The Morgan fingerprint density at radius 3 is 2.61 bits per heavy atom. The zero-order valence-electron chi connectivity index (χ0n) is 13.8. The molecule has 128 valence electrons. The zero-order chi connectivity index (χ0) is 15.4. The number of likely N-dealkylation sites (tertiary alicyclic amines) is 1. The molecule has 2 atom stereocenters. The minimum absolute atomic E-state index is 0. The summed E-state index contributed by atoms with van der Waals surface area (Å²) in [6.45, 7) is 4.13. The van der Waals surface area contributed by atoms with Gasteiger partial charge in [-0.2, -0.15) is 0 Å². The second kappa shape index (κ2) is 8.55. The lowest BCUT2D eigenvalue weighted by Gasteiger charge is -2.21. The number of nitrogens with one attached hydrogen (secondary N) is 1. The molecule has 2 aliphatic heterocycles. The Bertz CT molecular complexity index is 509. The van der Waals surface area contributed by atoms with Crippen molar-refractivity contribution in [2.45, 2.75) is 25.7 Å². The van der Waals surface area contributed by atoms with E-state index < -0.39 is 0 Å². The third-order valence-electron chi connectivity index (χ3n) is 5.13. The summed E-state index contributed by atoms with van der Waals surface area (Å²) in [7, 11) is 1.67. The van der Waals surface area contributed by atoms with E-state index in [9.17, 15) is 4.79 Å². The number of hydrogen-bond acceptors (Lipinski definition) is 3. The predicted molar refractivity (Wildman–Crippen MR) is 94.2 cm³/mol. The summed E-state index contributed by atoms with van der Waals surface area (Å²) < 4.78 is 5.24. The van der Waals surface area contributed by atoms with Gasteiger partial charge in [0.2, 0.25) is 5.91 Å². The van der Waals surface area contributed by atoms with Crippen LogP contribution in [0.25, 0.3) is 0 Å². The topological polar surface area (TPSA) is 41.6 Å². The number of hydrogen-bond donors (Lipinski definition) is 1. The summed E-state index contributed by atoms with van der Waals surface area (Å²) in [6.07, 6.45) is 3.70. The molecule has 2 fully saturated rings. The van der Waals surface area contributed by atoms with Crippen LogP contribution >= 0.6 is 12.4 Å². The summed E-state index contributed by atoms with van der Waals surface area (Å²) in [5.41, 5.74) is 1.17. The first-order valence-corrected chi connectivity index (χ1v) is 8.37. The van der Waals surface area contributed by atoms with Crippen molar-refractivity contribution in [2.24, 2.45) is 11.8 Å². The van der Waals surface area contributed by atoms with Crippen LogP contribution in [-0.2, 0) is 11.2 Å². The van der Waals surface area contributed by atoms with Crippen LogP contribution in [-0.4, -0.2) is 44.1 Å². The summed E-state index contributed by atoms with van der Waals surface area (Å²) in [4.78, 5) is 14.6. The SMILES string of the molecule is COc1cccc(CCC(=O)N2CC[C@@H]3CNC[C@@H]3CC2)c1.Cl. The molecular weight excluding hydrogens is 312 g/mol. The number of nitrogens with zero attached hydrogens (tertiary/aromatic N) is 1. The molecule has 0 aromatic heterocycles. The Morgan fingerprint density at radius 1 is 1.26 bits per heavy atom. The smallest absolute Gasteiger partial charge is 0.222 e. The number of ether oxygens (including phenoxy) is 1. The van der Waals surface area contributed by atoms with Gasteiger partial charge in [-0.15, -0.1) is 12.4 Å². The molecule has 2 saturated heterocycles. The first-order valence-electron chi connectivity index (χ1n) is 8.37. The lowest BCUT2D eigenvalue weighted by atomic mass is 9.92. The van der Waals surface area contributed by atoms with Crippen LogP contribution in [0.15, 0.2) is 24.3 Å². The third kappa shape index (κ3) is 4.61. The number of halogens is 1. The van der Waals surface area contributed by atoms with E-state index in [1.54, 1.807) is 7.11 Å². The Kier molecular flexibility index (Phi) is 6.72. The number of amides is 1. The van der Waals surface area contributed by atoms with Crippen LogP contribution in [0.2, 0.25) is 0 Å². The molecule has 1 aromatic rings. The van der Waals surface area contributed by atoms with Crippen molar-refractivity contribution >= 4 is 18.3 Å². The van der Waals surface area contributed by atoms with Crippen LogP contribution in [0.1, 0.15) is 24.8 Å². The number of methoxy groups -OCH3 is 1. The van der Waals surface area contributed by atoms with E-state index >= 15 is 0 Å². The van der Waals surface area contributed by atoms with Crippen molar-refractivity contribution in [1.82, 2.24) is 10.2 Å². The van der Waals surface area contributed by atoms with Gasteiger partial charge in [0.1, 0.15) is 5.75 Å². The molecule has 23 heavy (non-hydrogen) atoms. The van der Waals surface area contributed by atoms with Crippen molar-refractivity contribution in [3.63, 3.8) is 0 Å². The maximum absolute atomic E-state index is 12.5. The Hall–Kier alpha value is -1.26. The monoisotopic (exact) mass is 338 g/mol. The number of benzene rings is 1. The number of rotatable bonds is 4. The largest absolute Gasteiger partial charge is 0.497 e. The molecule has 1 amide bonds. The van der Waals surface area contributed by atoms with Gasteiger partial charge in [-0.25, -0.2) is 0 Å². The molecule has 0 radical (unpaired) electrons. The molecule has 0 bridgehead atoms. The van der Waals surface area contributed by atoms with Crippen molar-refractivity contribution in [1.29, 1.82) is 0 Å². The fraction of sp³-hybridized carbons (Fsp3) is 0.611. The van der Waals surface area contributed by atoms with Crippen LogP contribution < -0.4 is 10.1 Å². The van der Waals surface area contributed by atoms with E-state index in [0.717, 1.165) is 63.0 Å². The zero-order valence-corrected chi connectivity index (χ0v) is 14.6. The average Bonchev–Trinajstić information content (AvgIpc) is 2.91. The highest BCUT2D eigenvalue weighted by Crippen LogP contribution is 2.27. The molecule has 5 heteroatoms. The minimum atomic E-state index is 0. The highest BCUT2D eigenvalue weighted by atomic mass is 35.5. The van der Waals surface area contributed by atoms with Gasteiger partial charge in [0.15, 0.2) is 0 Å². The van der Waals surface area contributed by atoms with Crippen LogP contribution in [0.4, 0.5) is 0 Å². The molecule has 1 aromatic carbocycles. The molecule has 0 aliphatic carbocycles. The van der Waals surface area contributed by atoms with Gasteiger partial charge in [0.25, 0.3) is 0 Å². The molecule has 1 N–H and O–H groups in total. The molecule has 3 rings (SSSR count). The normalized spacial score (nSPS) is 23.6. The van der Waals surface area contributed by atoms with Gasteiger partial charge in [-0.3, -0.25) is 4.79 Å². The maximum atomic E-state index is 12.5. The summed E-state index contributed by atoms with van der Waals surface area (Å²) in [6, 6.07) is 8.01. The molecule has 0 spiro atoms. The molecule has 2 aliphatic rings. The summed E-state index contributed by atoms with van der Waals surface area (Å²) >= 11 is 0. The maximum Gasteiger partial charge on any atom is 0.222 e. The second-order valence-electron chi connectivity index (χ2n) is 6.49. The predicted octanol–water partition coefficient (Wildman–Crippen LogP) is 2.51. The van der Waals surface area contributed by atoms with Crippen molar-refractivity contribution in [3.05, 3.63) is 29.8 Å². The van der Waals surface area contributed by atoms with Gasteiger partial charge in [0.05, 0.1) is 7.11 Å². The average molecular weight is 339 g/mol. The number of fused-ring (bicyclic) bond motifs is 1. The van der Waals surface area contributed by atoms with Crippen LogP contribution in [0.5, 0.6) is 5.75 Å². The highest BCUT2D eigenvalue weighted by molar-refractivity contribution is 5.85. The molecule has 2 heterocycles. The second-order valence-corrected chi connectivity index (χ2v) is 6.49. The fourth-order valence-electron chi connectivity index (χ4n) is 3.70. The Morgan fingerprint density at radius 2 is 1.96 bits per heavy atom. The molecule has 0 saturated carbocycles. The number of aryl methyl sites for hydroxylation is 1. The van der Waals surface area contributed by atoms with Gasteiger partial charge >= 0.3 is 0 Å². The number of carbonyl (C=O) groups is 1. The van der Waals surface area contributed by atoms with E-state index in [4.69, 9.17) is 4.74 Å². The minimum Gasteiger partial charge on any atom is -0.497 e. The van der Waals surface area contributed by atoms with Crippen molar-refractivity contribution in [3.8, 4) is 5.75 Å². The van der Waals surface area contributed by atoms with E-state index in [2.05, 4.69) is 16.3 Å². The highest BCUT2D eigenvalue weighted by Gasteiger charge is 2.31. The summed E-state index contributed by atoms with van der Waals surface area (Å²) in [5, 5.41) is 3.48. The van der Waals surface area contributed by atoms with Gasteiger partial charge in [-0.05, 0) is 61.9 Å². The first-order chi connectivity index (χ1) is 10.8. The summed E-state index contributed by atoms with van der Waals surface area (Å²) in [5.74, 6) is 2.71. The van der Waals surface area contributed by atoms with E-state index in [1.807, 2.05) is 18.2 Å². The van der Waals surface area contributed by atoms with E-state index in [0.29, 0.717) is 12.3 Å². The lowest BCUT2D eigenvalue weighted by molar-refractivity contribution is -0.131. The molecule has 4 nitrogen and oxygen atoms in total. The first kappa shape index (κ1) is 18.1. The number of carbonyl (C=O) groups excluding carboxylic acids is 1. The molecular formula is C18H27ClN2O2. The third-order valence-corrected chi connectivity index (χ3v) is 5.13. The fourth-order valence-corrected chi connectivity index (χ4v) is 3.70. The van der Waals surface area contributed by atoms with Crippen molar-refractivity contribution < 1.29 is 9.53 Å².